The molecule has 0 radical (unpaired) electrons. The molecule has 0 aromatic carbocycles. The molecule has 1 atom stereocenters. The van der Waals surface area contributed by atoms with Crippen molar-refractivity contribution < 1.29 is 14.3 Å². The number of aliphatic hydroxyl groups excluding tert-OH is 1. The first-order valence-corrected chi connectivity index (χ1v) is 3.74. The highest BCUT2D eigenvalue weighted by molar-refractivity contribution is 5.82. The normalized spacial score (nSPS) is 13.1. The first-order valence-electron chi connectivity index (χ1n) is 3.74. The van der Waals surface area contributed by atoms with Gasteiger partial charge in [0.05, 0.1) is 12.5 Å². The summed E-state index contributed by atoms with van der Waals surface area (Å²) in [6.45, 7) is 1.36. The Morgan fingerprint density at radius 3 is 3.15 bits per heavy atom. The number of furan rings is 1. The van der Waals surface area contributed by atoms with Crippen LogP contribution in [0.5, 0.6) is 0 Å². The maximum atomic E-state index is 10.8. The fourth-order valence-corrected chi connectivity index (χ4v) is 0.618. The highest BCUT2D eigenvalue weighted by atomic mass is 16.3. The summed E-state index contributed by atoms with van der Waals surface area (Å²) < 4.78 is 4.91. The van der Waals surface area contributed by atoms with Crippen molar-refractivity contribution in [3.8, 4) is 0 Å². The lowest BCUT2D eigenvalue weighted by Gasteiger charge is -1.99. The van der Waals surface area contributed by atoms with Crippen molar-refractivity contribution in [2.24, 2.45) is 5.10 Å². The maximum absolute atomic E-state index is 10.8. The summed E-state index contributed by atoms with van der Waals surface area (Å²) in [6.07, 6.45) is 1.78. The van der Waals surface area contributed by atoms with Crippen LogP contribution in [0.4, 0.5) is 0 Å². The second kappa shape index (κ2) is 4.42. The van der Waals surface area contributed by atoms with Crippen LogP contribution < -0.4 is 5.43 Å². The molecule has 0 saturated heterocycles. The summed E-state index contributed by atoms with van der Waals surface area (Å²) in [6, 6.07) is 3.40. The zero-order chi connectivity index (χ0) is 9.68. The number of hydrogen-bond donors (Lipinski definition) is 2. The van der Waals surface area contributed by atoms with Crippen LogP contribution in [0.15, 0.2) is 27.9 Å². The summed E-state index contributed by atoms with van der Waals surface area (Å²) in [5.41, 5.74) is 2.14. The highest BCUT2D eigenvalue weighted by Crippen LogP contribution is 1.94. The lowest BCUT2D eigenvalue weighted by molar-refractivity contribution is -0.128. The Bertz CT molecular complexity index is 290. The van der Waals surface area contributed by atoms with Crippen molar-refractivity contribution in [2.75, 3.05) is 0 Å². The predicted molar refractivity (Wildman–Crippen MR) is 46.1 cm³/mol. The topological polar surface area (TPSA) is 74.8 Å². The minimum atomic E-state index is -1.06. The van der Waals surface area contributed by atoms with Crippen molar-refractivity contribution in [3.63, 3.8) is 0 Å². The Kier molecular flexibility index (Phi) is 3.22. The molecule has 0 bridgehead atoms. The molecule has 0 aliphatic rings. The van der Waals surface area contributed by atoms with E-state index in [-0.39, 0.29) is 0 Å². The molecule has 0 aliphatic heterocycles. The van der Waals surface area contributed by atoms with Crippen molar-refractivity contribution in [1.29, 1.82) is 0 Å². The Hall–Kier alpha value is -1.62. The summed E-state index contributed by atoms with van der Waals surface area (Å²) in [7, 11) is 0. The van der Waals surface area contributed by atoms with Crippen LogP contribution >= 0.6 is 0 Å². The first kappa shape index (κ1) is 9.47. The fourth-order valence-electron chi connectivity index (χ4n) is 0.618. The standard InChI is InChI=1S/C8H10N2O3/c1-6(11)8(12)10-9-5-7-3-2-4-13-7/h2-6,11H,1H3,(H,10,12)/b9-5-/t6-/m0/s1. The van der Waals surface area contributed by atoms with Gasteiger partial charge in [-0.1, -0.05) is 0 Å². The minimum absolute atomic E-state index is 0.533. The lowest BCUT2D eigenvalue weighted by Crippen LogP contribution is -2.28. The van der Waals surface area contributed by atoms with E-state index in [4.69, 9.17) is 9.52 Å². The molecule has 0 fully saturated rings. The van der Waals surface area contributed by atoms with E-state index in [1.165, 1.54) is 19.4 Å². The van der Waals surface area contributed by atoms with E-state index in [0.29, 0.717) is 5.76 Å². The molecule has 70 valence electrons. The Morgan fingerprint density at radius 1 is 1.85 bits per heavy atom. The number of hydrazone groups is 1. The van der Waals surface area contributed by atoms with Gasteiger partial charge in [0.15, 0.2) is 0 Å². The number of nitrogens with one attached hydrogen (secondary N) is 1. The van der Waals surface area contributed by atoms with E-state index in [9.17, 15) is 4.79 Å². The third kappa shape index (κ3) is 3.08. The molecule has 13 heavy (non-hydrogen) atoms. The number of nitrogens with zero attached hydrogens (tertiary/aromatic N) is 1. The number of aliphatic hydroxyl groups is 1. The molecule has 5 heteroatoms. The number of carbonyl (C=O) groups is 1. The van der Waals surface area contributed by atoms with Gasteiger partial charge in [0.1, 0.15) is 11.9 Å². The van der Waals surface area contributed by atoms with Crippen LogP contribution in [0, 0.1) is 0 Å². The molecular weight excluding hydrogens is 172 g/mol. The Morgan fingerprint density at radius 2 is 2.62 bits per heavy atom. The third-order valence-corrected chi connectivity index (χ3v) is 1.29. The second-order valence-electron chi connectivity index (χ2n) is 2.43. The van der Waals surface area contributed by atoms with Crippen molar-refractivity contribution in [3.05, 3.63) is 24.2 Å². The van der Waals surface area contributed by atoms with Crippen molar-refractivity contribution in [2.45, 2.75) is 13.0 Å². The summed E-state index contributed by atoms with van der Waals surface area (Å²) >= 11 is 0. The van der Waals surface area contributed by atoms with Gasteiger partial charge in [-0.2, -0.15) is 5.10 Å². The second-order valence-corrected chi connectivity index (χ2v) is 2.43. The van der Waals surface area contributed by atoms with Crippen LogP contribution in [-0.2, 0) is 4.79 Å². The van der Waals surface area contributed by atoms with Crippen molar-refractivity contribution >= 4 is 12.1 Å². The lowest BCUT2D eigenvalue weighted by atomic mass is 10.4. The zero-order valence-corrected chi connectivity index (χ0v) is 7.10. The van der Waals surface area contributed by atoms with Crippen LogP contribution in [0.3, 0.4) is 0 Å². The first-order chi connectivity index (χ1) is 6.20. The van der Waals surface area contributed by atoms with Gasteiger partial charge in [0.25, 0.3) is 5.91 Å². The Labute approximate surface area is 75.1 Å². The molecule has 0 saturated carbocycles. The van der Waals surface area contributed by atoms with Crippen molar-refractivity contribution in [1.82, 2.24) is 5.43 Å². The van der Waals surface area contributed by atoms with Crippen LogP contribution in [0.2, 0.25) is 0 Å². The molecule has 1 aromatic rings. The number of hydrogen-bond acceptors (Lipinski definition) is 4. The molecule has 1 rings (SSSR count). The number of carbonyl (C=O) groups excluding carboxylic acids is 1. The summed E-state index contributed by atoms with van der Waals surface area (Å²) in [5, 5.41) is 12.3. The molecule has 1 aromatic heterocycles. The maximum Gasteiger partial charge on any atom is 0.268 e. The smallest absolute Gasteiger partial charge is 0.268 e. The van der Waals surface area contributed by atoms with E-state index >= 15 is 0 Å². The molecule has 2 N–H and O–H groups in total. The fraction of sp³-hybridized carbons (Fsp3) is 0.250. The van der Waals surface area contributed by atoms with Crippen LogP contribution in [-0.4, -0.2) is 23.3 Å². The van der Waals surface area contributed by atoms with Crippen LogP contribution in [0.25, 0.3) is 0 Å². The van der Waals surface area contributed by atoms with Gasteiger partial charge in [-0.25, -0.2) is 5.43 Å². The van der Waals surface area contributed by atoms with Gasteiger partial charge < -0.3 is 9.52 Å². The molecule has 1 amide bonds. The zero-order valence-electron chi connectivity index (χ0n) is 7.10. The third-order valence-electron chi connectivity index (χ3n) is 1.29. The predicted octanol–water partition coefficient (Wildman–Crippen LogP) is 0.110. The average Bonchev–Trinajstić information content (AvgIpc) is 2.56. The minimum Gasteiger partial charge on any atom is -0.463 e. The van der Waals surface area contributed by atoms with Crippen LogP contribution in [0.1, 0.15) is 12.7 Å². The monoisotopic (exact) mass is 182 g/mol. The molecule has 1 heterocycles. The van der Waals surface area contributed by atoms with Gasteiger partial charge >= 0.3 is 0 Å². The Balaban J connectivity index is 2.39. The highest BCUT2D eigenvalue weighted by Gasteiger charge is 2.05. The molecule has 0 spiro atoms. The number of rotatable bonds is 3. The van der Waals surface area contributed by atoms with E-state index in [1.54, 1.807) is 12.1 Å². The molecule has 0 unspecified atom stereocenters. The molecular formula is C8H10N2O3. The van der Waals surface area contributed by atoms with E-state index in [0.717, 1.165) is 0 Å². The quantitative estimate of drug-likeness (QED) is 0.514. The van der Waals surface area contributed by atoms with E-state index in [2.05, 4.69) is 10.5 Å². The molecule has 0 aliphatic carbocycles. The van der Waals surface area contributed by atoms with Gasteiger partial charge in [0, 0.05) is 0 Å². The van der Waals surface area contributed by atoms with E-state index < -0.39 is 12.0 Å². The van der Waals surface area contributed by atoms with Gasteiger partial charge in [0.2, 0.25) is 0 Å². The van der Waals surface area contributed by atoms with Gasteiger partial charge in [-0.05, 0) is 19.1 Å². The number of amides is 1. The molecule has 5 nitrogen and oxygen atoms in total. The summed E-state index contributed by atoms with van der Waals surface area (Å²) in [4.78, 5) is 10.8. The average molecular weight is 182 g/mol. The summed E-state index contributed by atoms with van der Waals surface area (Å²) in [5.74, 6) is -0.0197. The van der Waals surface area contributed by atoms with E-state index in [1.807, 2.05) is 0 Å². The SMILES string of the molecule is C[C@H](O)C(=O)N/N=C\c1ccco1. The largest absolute Gasteiger partial charge is 0.463 e. The van der Waals surface area contributed by atoms with Gasteiger partial charge in [-0.15, -0.1) is 0 Å². The van der Waals surface area contributed by atoms with Gasteiger partial charge in [-0.3, -0.25) is 4.79 Å².